The minimum absolute atomic E-state index is 0.0496. The van der Waals surface area contributed by atoms with Crippen molar-refractivity contribution in [3.63, 3.8) is 0 Å². The summed E-state index contributed by atoms with van der Waals surface area (Å²) in [5, 5.41) is 5.84. The molecule has 1 unspecified atom stereocenters. The molecule has 1 aliphatic rings. The van der Waals surface area contributed by atoms with Crippen LogP contribution in [-0.2, 0) is 6.54 Å². The van der Waals surface area contributed by atoms with Gasteiger partial charge in [-0.25, -0.2) is 4.79 Å². The molecule has 126 valence electrons. The number of fused-ring (bicyclic) bond motifs is 1. The molecule has 0 aliphatic carbocycles. The summed E-state index contributed by atoms with van der Waals surface area (Å²) in [4.78, 5) is 12.1. The number of urea groups is 1. The first-order valence-electron chi connectivity index (χ1n) is 8.12. The summed E-state index contributed by atoms with van der Waals surface area (Å²) in [6.07, 6.45) is 0. The lowest BCUT2D eigenvalue weighted by molar-refractivity contribution is 0.171. The van der Waals surface area contributed by atoms with Crippen LogP contribution in [0.4, 0.5) is 4.79 Å². The minimum atomic E-state index is -0.194. The number of amides is 2. The van der Waals surface area contributed by atoms with Crippen LogP contribution in [0.15, 0.2) is 42.5 Å². The zero-order valence-corrected chi connectivity index (χ0v) is 14.0. The van der Waals surface area contributed by atoms with Crippen LogP contribution < -0.4 is 20.1 Å². The van der Waals surface area contributed by atoms with E-state index in [2.05, 4.69) is 10.6 Å². The zero-order valence-electron chi connectivity index (χ0n) is 14.0. The molecule has 2 aromatic carbocycles. The van der Waals surface area contributed by atoms with Crippen LogP contribution in [0.3, 0.4) is 0 Å². The van der Waals surface area contributed by atoms with E-state index < -0.39 is 0 Å². The van der Waals surface area contributed by atoms with E-state index in [4.69, 9.17) is 9.47 Å². The number of carbonyl (C=O) groups is 1. The van der Waals surface area contributed by atoms with Crippen molar-refractivity contribution in [3.8, 4) is 11.5 Å². The van der Waals surface area contributed by atoms with Crippen molar-refractivity contribution in [3.05, 3.63) is 59.2 Å². The number of nitrogens with one attached hydrogen (secondary N) is 2. The van der Waals surface area contributed by atoms with Crippen LogP contribution in [0.25, 0.3) is 0 Å². The van der Waals surface area contributed by atoms with Crippen LogP contribution >= 0.6 is 0 Å². The van der Waals surface area contributed by atoms with E-state index in [0.29, 0.717) is 19.8 Å². The number of ether oxygens (including phenoxy) is 2. The van der Waals surface area contributed by atoms with Crippen molar-refractivity contribution in [1.82, 2.24) is 10.6 Å². The van der Waals surface area contributed by atoms with E-state index in [1.54, 1.807) is 0 Å². The van der Waals surface area contributed by atoms with Gasteiger partial charge in [-0.05, 0) is 42.7 Å². The largest absolute Gasteiger partial charge is 0.486 e. The predicted octanol–water partition coefficient (Wildman–Crippen LogP) is 3.33. The van der Waals surface area contributed by atoms with Gasteiger partial charge < -0.3 is 20.1 Å². The third kappa shape index (κ3) is 3.79. The molecule has 0 bridgehead atoms. The topological polar surface area (TPSA) is 59.6 Å². The lowest BCUT2D eigenvalue weighted by Gasteiger charge is -2.19. The third-order valence-corrected chi connectivity index (χ3v) is 4.06. The average molecular weight is 326 g/mol. The highest BCUT2D eigenvalue weighted by Gasteiger charge is 2.13. The standard InChI is InChI=1S/C19H22N2O3/c1-13-5-3-4-6-16(13)14(2)21-19(22)20-12-15-7-8-17-18(11-15)24-10-9-23-17/h3-8,11,14H,9-10,12H2,1-2H3,(H2,20,21,22). The molecule has 0 spiro atoms. The first-order chi connectivity index (χ1) is 11.6. The molecule has 0 fully saturated rings. The number of carbonyl (C=O) groups excluding carboxylic acids is 1. The maximum atomic E-state index is 12.1. The predicted molar refractivity (Wildman–Crippen MR) is 92.4 cm³/mol. The van der Waals surface area contributed by atoms with E-state index in [9.17, 15) is 4.79 Å². The van der Waals surface area contributed by atoms with Crippen molar-refractivity contribution in [2.24, 2.45) is 0 Å². The maximum Gasteiger partial charge on any atom is 0.315 e. The van der Waals surface area contributed by atoms with E-state index in [1.165, 1.54) is 0 Å². The average Bonchev–Trinajstić information content (AvgIpc) is 2.60. The fourth-order valence-corrected chi connectivity index (χ4v) is 2.78. The molecule has 24 heavy (non-hydrogen) atoms. The van der Waals surface area contributed by atoms with Crippen molar-refractivity contribution in [2.45, 2.75) is 26.4 Å². The molecule has 2 amide bonds. The molecule has 0 aromatic heterocycles. The van der Waals surface area contributed by atoms with Crippen LogP contribution in [0.5, 0.6) is 11.5 Å². The SMILES string of the molecule is Cc1ccccc1C(C)NC(=O)NCc1ccc2c(c1)OCCO2. The number of hydrogen-bond acceptors (Lipinski definition) is 3. The molecule has 3 rings (SSSR count). The van der Waals surface area contributed by atoms with Gasteiger partial charge in [0.25, 0.3) is 0 Å². The maximum absolute atomic E-state index is 12.1. The Bertz CT molecular complexity index is 730. The van der Waals surface area contributed by atoms with Crippen LogP contribution in [-0.4, -0.2) is 19.2 Å². The van der Waals surface area contributed by atoms with E-state index in [1.807, 2.05) is 56.3 Å². The quantitative estimate of drug-likeness (QED) is 0.906. The van der Waals surface area contributed by atoms with E-state index in [-0.39, 0.29) is 12.1 Å². The van der Waals surface area contributed by atoms with Gasteiger partial charge >= 0.3 is 6.03 Å². The highest BCUT2D eigenvalue weighted by molar-refractivity contribution is 5.74. The Labute approximate surface area is 142 Å². The lowest BCUT2D eigenvalue weighted by Crippen LogP contribution is -2.36. The van der Waals surface area contributed by atoms with Gasteiger partial charge in [0.15, 0.2) is 11.5 Å². The van der Waals surface area contributed by atoms with E-state index in [0.717, 1.165) is 28.2 Å². The molecular formula is C19H22N2O3. The van der Waals surface area contributed by atoms with E-state index >= 15 is 0 Å². The summed E-state index contributed by atoms with van der Waals surface area (Å²) in [6.45, 7) is 5.58. The number of hydrogen-bond donors (Lipinski definition) is 2. The Balaban J connectivity index is 1.55. The lowest BCUT2D eigenvalue weighted by atomic mass is 10.0. The second kappa shape index (κ2) is 7.25. The smallest absolute Gasteiger partial charge is 0.315 e. The molecule has 0 saturated heterocycles. The van der Waals surface area contributed by atoms with Crippen molar-refractivity contribution in [1.29, 1.82) is 0 Å². The molecule has 1 atom stereocenters. The Hall–Kier alpha value is -2.69. The van der Waals surface area contributed by atoms with Gasteiger partial charge in [0.2, 0.25) is 0 Å². The summed E-state index contributed by atoms with van der Waals surface area (Å²) in [6, 6.07) is 13.5. The Morgan fingerprint density at radius 2 is 1.88 bits per heavy atom. The molecule has 2 aromatic rings. The number of rotatable bonds is 4. The van der Waals surface area contributed by atoms with Gasteiger partial charge in [0, 0.05) is 6.54 Å². The van der Waals surface area contributed by atoms with Crippen LogP contribution in [0.2, 0.25) is 0 Å². The number of benzene rings is 2. The third-order valence-electron chi connectivity index (χ3n) is 4.06. The Kier molecular flexibility index (Phi) is 4.89. The summed E-state index contributed by atoms with van der Waals surface area (Å²) < 4.78 is 11.0. The molecule has 0 radical (unpaired) electrons. The molecule has 1 heterocycles. The van der Waals surface area contributed by atoms with Crippen molar-refractivity contribution >= 4 is 6.03 Å². The van der Waals surface area contributed by atoms with Crippen LogP contribution in [0.1, 0.15) is 29.7 Å². The van der Waals surface area contributed by atoms with Gasteiger partial charge in [-0.2, -0.15) is 0 Å². The summed E-state index contributed by atoms with van der Waals surface area (Å²) in [5.74, 6) is 1.48. The monoisotopic (exact) mass is 326 g/mol. The first-order valence-corrected chi connectivity index (χ1v) is 8.12. The summed E-state index contributed by atoms with van der Waals surface area (Å²) >= 11 is 0. The van der Waals surface area contributed by atoms with Gasteiger partial charge in [-0.3, -0.25) is 0 Å². The van der Waals surface area contributed by atoms with Crippen molar-refractivity contribution < 1.29 is 14.3 Å². The molecule has 1 aliphatic heterocycles. The second-order valence-electron chi connectivity index (χ2n) is 5.88. The first kappa shape index (κ1) is 16.2. The van der Waals surface area contributed by atoms with Crippen molar-refractivity contribution in [2.75, 3.05) is 13.2 Å². The second-order valence-corrected chi connectivity index (χ2v) is 5.88. The zero-order chi connectivity index (χ0) is 16.9. The highest BCUT2D eigenvalue weighted by atomic mass is 16.6. The van der Waals surface area contributed by atoms with Gasteiger partial charge in [0.1, 0.15) is 13.2 Å². The van der Waals surface area contributed by atoms with Gasteiger partial charge in [0.05, 0.1) is 6.04 Å². The molecule has 5 nitrogen and oxygen atoms in total. The molecule has 2 N–H and O–H groups in total. The van der Waals surface area contributed by atoms with Gasteiger partial charge in [-0.15, -0.1) is 0 Å². The fourth-order valence-electron chi connectivity index (χ4n) is 2.78. The normalized spacial score (nSPS) is 13.9. The van der Waals surface area contributed by atoms with Crippen LogP contribution in [0, 0.1) is 6.92 Å². The summed E-state index contributed by atoms with van der Waals surface area (Å²) in [7, 11) is 0. The fraction of sp³-hybridized carbons (Fsp3) is 0.316. The Morgan fingerprint density at radius 1 is 1.12 bits per heavy atom. The molecular weight excluding hydrogens is 304 g/mol. The van der Waals surface area contributed by atoms with Gasteiger partial charge in [-0.1, -0.05) is 30.3 Å². The minimum Gasteiger partial charge on any atom is -0.486 e. The Morgan fingerprint density at radius 3 is 2.67 bits per heavy atom. The number of aryl methyl sites for hydroxylation is 1. The molecule has 5 heteroatoms. The molecule has 0 saturated carbocycles. The summed E-state index contributed by atoms with van der Waals surface area (Å²) in [5.41, 5.74) is 3.25. The highest BCUT2D eigenvalue weighted by Crippen LogP contribution is 2.30.